The number of ether oxygens (including phenoxy) is 1. The molecule has 3 aromatic rings. The molecule has 1 heterocycles. The van der Waals surface area contributed by atoms with Crippen molar-refractivity contribution in [2.75, 3.05) is 23.0 Å². The Kier molecular flexibility index (Phi) is 7.31. The van der Waals surface area contributed by atoms with E-state index in [2.05, 4.69) is 20.8 Å². The molecule has 0 aliphatic heterocycles. The predicted molar refractivity (Wildman–Crippen MR) is 111 cm³/mol. The number of carbonyl (C=O) groups is 2. The third-order valence-corrected chi connectivity index (χ3v) is 5.56. The van der Waals surface area contributed by atoms with Gasteiger partial charge in [0, 0.05) is 11.6 Å². The van der Waals surface area contributed by atoms with Crippen molar-refractivity contribution in [3.63, 3.8) is 0 Å². The Bertz CT molecular complexity index is 1040. The second-order valence-electron chi connectivity index (χ2n) is 5.75. The number of amides is 2. The van der Waals surface area contributed by atoms with Crippen LogP contribution in [-0.2, 0) is 4.79 Å². The van der Waals surface area contributed by atoms with E-state index in [0.29, 0.717) is 28.3 Å². The van der Waals surface area contributed by atoms with E-state index in [1.54, 1.807) is 24.3 Å². The third-order valence-electron chi connectivity index (χ3n) is 3.59. The summed E-state index contributed by atoms with van der Waals surface area (Å²) in [5.41, 5.74) is 0.325. The maximum atomic E-state index is 13.6. The molecule has 0 unspecified atom stereocenters. The number of thioether (sulfide) groups is 1. The van der Waals surface area contributed by atoms with Crippen molar-refractivity contribution in [3.05, 3.63) is 59.7 Å². The van der Waals surface area contributed by atoms with Crippen LogP contribution in [0.5, 0.6) is 5.75 Å². The minimum atomic E-state index is -0.858. The van der Waals surface area contributed by atoms with Crippen molar-refractivity contribution >= 4 is 45.7 Å². The Morgan fingerprint density at radius 2 is 1.87 bits per heavy atom. The van der Waals surface area contributed by atoms with Gasteiger partial charge in [0.25, 0.3) is 5.91 Å². The minimum Gasteiger partial charge on any atom is -0.494 e. The molecule has 2 amide bonds. The highest BCUT2D eigenvalue weighted by molar-refractivity contribution is 8.01. The number of nitrogens with one attached hydrogen (secondary N) is 2. The summed E-state index contributed by atoms with van der Waals surface area (Å²) in [7, 11) is 0. The molecular weight excluding hydrogens is 434 g/mol. The lowest BCUT2D eigenvalue weighted by atomic mass is 10.2. The van der Waals surface area contributed by atoms with Gasteiger partial charge in [0.2, 0.25) is 11.0 Å². The first-order valence-corrected chi connectivity index (χ1v) is 10.5. The van der Waals surface area contributed by atoms with E-state index >= 15 is 0 Å². The van der Waals surface area contributed by atoms with Crippen molar-refractivity contribution < 1.29 is 23.1 Å². The first-order chi connectivity index (χ1) is 14.4. The van der Waals surface area contributed by atoms with E-state index in [4.69, 9.17) is 4.74 Å². The van der Waals surface area contributed by atoms with Crippen molar-refractivity contribution in [1.82, 2.24) is 10.2 Å². The molecule has 7 nitrogen and oxygen atoms in total. The minimum absolute atomic E-state index is 0.0573. The molecule has 30 heavy (non-hydrogen) atoms. The molecule has 3 rings (SSSR count). The SMILES string of the molecule is CCOc1ccc(C(=O)Nc2nnc(SCC(=O)Nc3ccc(F)cc3F)s2)cc1. The zero-order valence-corrected chi connectivity index (χ0v) is 17.3. The van der Waals surface area contributed by atoms with Crippen molar-refractivity contribution in [2.45, 2.75) is 11.3 Å². The quantitative estimate of drug-likeness (QED) is 0.395. The summed E-state index contributed by atoms with van der Waals surface area (Å²) in [6.07, 6.45) is 0. The fraction of sp³-hybridized carbons (Fsp3) is 0.158. The standard InChI is InChI=1S/C19H16F2N4O3S2/c1-2-28-13-6-3-11(4-7-13)17(27)23-18-24-25-19(30-18)29-10-16(26)22-15-8-5-12(20)9-14(15)21/h3-9H,2,10H2,1H3,(H,22,26)(H,23,24,27). The Morgan fingerprint density at radius 3 is 2.57 bits per heavy atom. The van der Waals surface area contributed by atoms with E-state index < -0.39 is 17.5 Å². The lowest BCUT2D eigenvalue weighted by Gasteiger charge is -2.05. The summed E-state index contributed by atoms with van der Waals surface area (Å²) in [6, 6.07) is 9.55. The highest BCUT2D eigenvalue weighted by Crippen LogP contribution is 2.26. The summed E-state index contributed by atoms with van der Waals surface area (Å²) in [5.74, 6) is -1.81. The third kappa shape index (κ3) is 5.97. The summed E-state index contributed by atoms with van der Waals surface area (Å²) < 4.78 is 32.3. The van der Waals surface area contributed by atoms with Crippen molar-refractivity contribution in [2.24, 2.45) is 0 Å². The number of aromatic nitrogens is 2. The van der Waals surface area contributed by atoms with Gasteiger partial charge in [-0.05, 0) is 43.3 Å². The molecule has 2 aromatic carbocycles. The maximum absolute atomic E-state index is 13.6. The van der Waals surface area contributed by atoms with Crippen LogP contribution >= 0.6 is 23.1 Å². The molecule has 0 spiro atoms. The lowest BCUT2D eigenvalue weighted by Crippen LogP contribution is -2.15. The predicted octanol–water partition coefficient (Wildman–Crippen LogP) is 4.20. The van der Waals surface area contributed by atoms with Crippen LogP contribution in [0, 0.1) is 11.6 Å². The number of benzene rings is 2. The van der Waals surface area contributed by atoms with Gasteiger partial charge < -0.3 is 10.1 Å². The van der Waals surface area contributed by atoms with Gasteiger partial charge in [0.05, 0.1) is 18.0 Å². The van der Waals surface area contributed by atoms with Gasteiger partial charge in [-0.3, -0.25) is 14.9 Å². The van der Waals surface area contributed by atoms with Crippen LogP contribution in [-0.4, -0.2) is 34.4 Å². The highest BCUT2D eigenvalue weighted by Gasteiger charge is 2.13. The van der Waals surface area contributed by atoms with Crippen LogP contribution in [0.1, 0.15) is 17.3 Å². The second kappa shape index (κ2) is 10.1. The molecule has 0 bridgehead atoms. The van der Waals surface area contributed by atoms with Gasteiger partial charge in [-0.1, -0.05) is 23.1 Å². The maximum Gasteiger partial charge on any atom is 0.257 e. The van der Waals surface area contributed by atoms with Crippen LogP contribution in [0.3, 0.4) is 0 Å². The Hall–Kier alpha value is -3.05. The van der Waals surface area contributed by atoms with Crippen LogP contribution in [0.4, 0.5) is 19.6 Å². The normalized spacial score (nSPS) is 10.5. The van der Waals surface area contributed by atoms with Gasteiger partial charge in [0.15, 0.2) is 4.34 Å². The van der Waals surface area contributed by atoms with Crippen LogP contribution in [0.15, 0.2) is 46.8 Å². The number of hydrogen-bond donors (Lipinski definition) is 2. The van der Waals surface area contributed by atoms with Crippen LogP contribution in [0.25, 0.3) is 0 Å². The van der Waals surface area contributed by atoms with E-state index in [1.165, 1.54) is 0 Å². The second-order valence-corrected chi connectivity index (χ2v) is 7.95. The number of rotatable bonds is 8. The smallest absolute Gasteiger partial charge is 0.257 e. The summed E-state index contributed by atoms with van der Waals surface area (Å²) in [5, 5.41) is 13.0. The topological polar surface area (TPSA) is 93.2 Å². The van der Waals surface area contributed by atoms with E-state index in [1.807, 2.05) is 6.92 Å². The number of halogens is 2. The number of hydrogen-bond acceptors (Lipinski definition) is 7. The molecule has 0 fully saturated rings. The van der Waals surface area contributed by atoms with Gasteiger partial charge >= 0.3 is 0 Å². The fourth-order valence-electron chi connectivity index (χ4n) is 2.26. The molecule has 11 heteroatoms. The molecule has 1 aromatic heterocycles. The molecule has 0 radical (unpaired) electrons. The molecule has 0 atom stereocenters. The molecule has 0 saturated carbocycles. The van der Waals surface area contributed by atoms with Crippen molar-refractivity contribution in [1.29, 1.82) is 0 Å². The zero-order chi connectivity index (χ0) is 21.5. The monoisotopic (exact) mass is 450 g/mol. The van der Waals surface area contributed by atoms with Gasteiger partial charge in [-0.25, -0.2) is 8.78 Å². The highest BCUT2D eigenvalue weighted by atomic mass is 32.2. The molecular formula is C19H16F2N4O3S2. The summed E-state index contributed by atoms with van der Waals surface area (Å²) in [4.78, 5) is 24.2. The molecule has 0 saturated heterocycles. The average Bonchev–Trinajstić information content (AvgIpc) is 3.17. The molecule has 156 valence electrons. The molecule has 2 N–H and O–H groups in total. The number of anilines is 2. The Morgan fingerprint density at radius 1 is 1.10 bits per heavy atom. The average molecular weight is 450 g/mol. The van der Waals surface area contributed by atoms with Crippen LogP contribution < -0.4 is 15.4 Å². The Labute approximate surface area is 178 Å². The Balaban J connectivity index is 1.50. The number of nitrogens with zero attached hydrogens (tertiary/aromatic N) is 2. The van der Waals surface area contributed by atoms with Crippen molar-refractivity contribution in [3.8, 4) is 5.75 Å². The zero-order valence-electron chi connectivity index (χ0n) is 15.6. The summed E-state index contributed by atoms with van der Waals surface area (Å²) >= 11 is 2.18. The largest absolute Gasteiger partial charge is 0.494 e. The van der Waals surface area contributed by atoms with E-state index in [-0.39, 0.29) is 22.5 Å². The van der Waals surface area contributed by atoms with Crippen LogP contribution in [0.2, 0.25) is 0 Å². The molecule has 0 aliphatic rings. The van der Waals surface area contributed by atoms with Gasteiger partial charge in [-0.15, -0.1) is 10.2 Å². The first-order valence-electron chi connectivity index (χ1n) is 8.70. The lowest BCUT2D eigenvalue weighted by molar-refractivity contribution is -0.113. The molecule has 0 aliphatic carbocycles. The van der Waals surface area contributed by atoms with Gasteiger partial charge in [0.1, 0.15) is 17.4 Å². The summed E-state index contributed by atoms with van der Waals surface area (Å²) in [6.45, 7) is 2.41. The fourth-order valence-corrected chi connectivity index (χ4v) is 3.81. The number of carbonyl (C=O) groups excluding carboxylic acids is 2. The van der Waals surface area contributed by atoms with E-state index in [9.17, 15) is 18.4 Å². The first kappa shape index (κ1) is 21.7. The van der Waals surface area contributed by atoms with E-state index in [0.717, 1.165) is 35.2 Å². The van der Waals surface area contributed by atoms with Gasteiger partial charge in [-0.2, -0.15) is 0 Å².